The minimum absolute atomic E-state index is 0. The zero-order chi connectivity index (χ0) is 15.8. The number of para-hydroxylation sites is 2. The van der Waals surface area contributed by atoms with Crippen LogP contribution in [0.3, 0.4) is 0 Å². The molecule has 115 valence electrons. The first kappa shape index (κ1) is 17.1. The smallest absolute Gasteiger partial charge is 0.155 e. The van der Waals surface area contributed by atoms with Crippen LogP contribution in [0, 0.1) is 13.0 Å². The molecule has 2 nitrogen and oxygen atoms in total. The van der Waals surface area contributed by atoms with E-state index in [0.717, 1.165) is 38.8 Å². The number of nitrogens with zero attached hydrogens (tertiary/aromatic N) is 1. The summed E-state index contributed by atoms with van der Waals surface area (Å²) in [5, 5.41) is 2.26. The second kappa shape index (κ2) is 7.00. The molecule has 0 saturated carbocycles. The minimum atomic E-state index is 0. The molecule has 0 atom stereocenters. The van der Waals surface area contributed by atoms with Gasteiger partial charge in [-0.1, -0.05) is 31.2 Å². The number of hydrogen-bond donors (Lipinski definition) is 0. The Morgan fingerprint density at radius 1 is 0.958 bits per heavy atom. The van der Waals surface area contributed by atoms with Gasteiger partial charge in [0, 0.05) is 43.8 Å². The molecule has 0 aliphatic rings. The van der Waals surface area contributed by atoms with Crippen LogP contribution in [-0.4, -0.2) is 17.8 Å². The largest absolute Gasteiger partial charge is 0.500 e. The van der Waals surface area contributed by atoms with E-state index < -0.39 is 0 Å². The van der Waals surface area contributed by atoms with Gasteiger partial charge in [0.2, 0.25) is 0 Å². The molecule has 0 unspecified atom stereocenters. The zero-order valence-corrected chi connectivity index (χ0v) is 16.5. The molecule has 0 bridgehead atoms. The first-order valence-electron chi connectivity index (χ1n) is 7.62. The second-order valence-electron chi connectivity index (χ2n) is 5.65. The second-order valence-corrected chi connectivity index (χ2v) is 5.65. The van der Waals surface area contributed by atoms with E-state index in [1.165, 1.54) is 0 Å². The van der Waals surface area contributed by atoms with Crippen molar-refractivity contribution < 1.29 is 41.7 Å². The van der Waals surface area contributed by atoms with Crippen LogP contribution in [0.1, 0.15) is 11.1 Å². The molecule has 1 heterocycles. The number of furan rings is 1. The Hall–Kier alpha value is -1.77. The molecule has 1 radical (unpaired) electrons. The van der Waals surface area contributed by atoms with E-state index >= 15 is 0 Å². The van der Waals surface area contributed by atoms with E-state index in [9.17, 15) is 0 Å². The van der Waals surface area contributed by atoms with Crippen LogP contribution in [-0.2, 0) is 32.7 Å². The third kappa shape index (κ3) is 2.97. The normalized spacial score (nSPS) is 11.7. The molecule has 1 aromatic heterocycles. The standard InChI is InChI=1S/C21H16NO.Y/c1-15-12-13-18-17-10-6-7-11-20(17)23-21(18)19(15)14-22(2)16-8-4-3-5-9-16;/h3-8,10-13H,1-2H3;/q-1;. The summed E-state index contributed by atoms with van der Waals surface area (Å²) in [5.74, 6) is 0. The molecular weight excluding hydrogens is 371 g/mol. The number of aryl methyl sites for hydroxylation is 1. The number of fused-ring (bicyclic) bond motifs is 3. The fourth-order valence-electron chi connectivity index (χ4n) is 2.85. The number of rotatable bonds is 2. The molecule has 0 N–H and O–H groups in total. The van der Waals surface area contributed by atoms with Crippen molar-refractivity contribution in [3.63, 3.8) is 0 Å². The summed E-state index contributed by atoms with van der Waals surface area (Å²) in [7, 11) is 1.98. The number of benzene rings is 3. The summed E-state index contributed by atoms with van der Waals surface area (Å²) >= 11 is 0. The van der Waals surface area contributed by atoms with Gasteiger partial charge in [-0.25, -0.2) is 0 Å². The van der Waals surface area contributed by atoms with E-state index in [1.54, 1.807) is 0 Å². The average molecular weight is 387 g/mol. The molecule has 4 rings (SSSR count). The van der Waals surface area contributed by atoms with Crippen molar-refractivity contribution in [2.24, 2.45) is 0 Å². The van der Waals surface area contributed by atoms with Crippen LogP contribution < -0.4 is 0 Å². The van der Waals surface area contributed by atoms with Gasteiger partial charge in [-0.15, -0.1) is 17.7 Å². The van der Waals surface area contributed by atoms with Crippen molar-refractivity contribution in [1.82, 2.24) is 0 Å². The Morgan fingerprint density at radius 3 is 2.54 bits per heavy atom. The van der Waals surface area contributed by atoms with Crippen molar-refractivity contribution in [3.05, 3.63) is 77.9 Å². The van der Waals surface area contributed by atoms with Crippen LogP contribution in [0.25, 0.3) is 21.9 Å². The molecule has 0 aliphatic heterocycles. The SMILES string of the molecule is Cc1ccc2c(oc3ccccc32)c1[C-]=[N+](C)c1[c-]cccc1.[Y]. The summed E-state index contributed by atoms with van der Waals surface area (Å²) in [5.41, 5.74) is 4.89. The molecule has 0 spiro atoms. The maximum Gasteiger partial charge on any atom is 0.155 e. The molecule has 0 saturated heterocycles. The molecule has 0 amide bonds. The molecule has 3 aromatic carbocycles. The maximum atomic E-state index is 6.10. The van der Waals surface area contributed by atoms with Gasteiger partial charge in [0.1, 0.15) is 12.6 Å². The molecule has 0 aliphatic carbocycles. The van der Waals surface area contributed by atoms with E-state index in [2.05, 4.69) is 37.4 Å². The van der Waals surface area contributed by atoms with E-state index in [4.69, 9.17) is 4.42 Å². The van der Waals surface area contributed by atoms with E-state index in [0.29, 0.717) is 0 Å². The fraction of sp³-hybridized carbons (Fsp3) is 0.0952. The van der Waals surface area contributed by atoms with E-state index in [1.807, 2.05) is 54.1 Å². The number of hydrogen-bond acceptors (Lipinski definition) is 1. The van der Waals surface area contributed by atoms with Crippen molar-refractivity contribution in [3.8, 4) is 0 Å². The predicted molar refractivity (Wildman–Crippen MR) is 93.7 cm³/mol. The summed E-state index contributed by atoms with van der Waals surface area (Å²) < 4.78 is 8.06. The topological polar surface area (TPSA) is 16.1 Å². The zero-order valence-electron chi connectivity index (χ0n) is 13.7. The van der Waals surface area contributed by atoms with Crippen molar-refractivity contribution in [2.45, 2.75) is 6.92 Å². The third-order valence-electron chi connectivity index (χ3n) is 4.09. The van der Waals surface area contributed by atoms with Gasteiger partial charge in [-0.3, -0.25) is 4.58 Å². The van der Waals surface area contributed by atoms with Crippen LogP contribution in [0.2, 0.25) is 0 Å². The van der Waals surface area contributed by atoms with Crippen LogP contribution in [0.4, 0.5) is 5.69 Å². The first-order valence-corrected chi connectivity index (χ1v) is 7.62. The molecular formula is C21H16NOY-. The predicted octanol–water partition coefficient (Wildman–Crippen LogP) is 4.96. The Bertz CT molecular complexity index is 1030. The van der Waals surface area contributed by atoms with Gasteiger partial charge in [0.15, 0.2) is 6.21 Å². The Labute approximate surface area is 166 Å². The third-order valence-corrected chi connectivity index (χ3v) is 4.09. The summed E-state index contributed by atoms with van der Waals surface area (Å²) in [6.07, 6.45) is 3.44. The average Bonchev–Trinajstić information content (AvgIpc) is 2.97. The maximum absolute atomic E-state index is 6.10. The molecule has 4 aromatic rings. The van der Waals surface area contributed by atoms with Crippen molar-refractivity contribution >= 4 is 33.8 Å². The summed E-state index contributed by atoms with van der Waals surface area (Å²) in [6.45, 7) is 2.08. The van der Waals surface area contributed by atoms with Crippen LogP contribution in [0.15, 0.2) is 65.1 Å². The molecule has 3 heteroatoms. The Morgan fingerprint density at radius 2 is 1.75 bits per heavy atom. The van der Waals surface area contributed by atoms with Gasteiger partial charge >= 0.3 is 0 Å². The van der Waals surface area contributed by atoms with Gasteiger partial charge in [0.05, 0.1) is 5.58 Å². The quantitative estimate of drug-likeness (QED) is 0.270. The minimum Gasteiger partial charge on any atom is -0.500 e. The summed E-state index contributed by atoms with van der Waals surface area (Å²) in [4.78, 5) is 0. The molecule has 24 heavy (non-hydrogen) atoms. The first-order chi connectivity index (χ1) is 11.2. The molecule has 0 fully saturated rings. The van der Waals surface area contributed by atoms with Gasteiger partial charge in [-0.05, 0) is 17.0 Å². The fourth-order valence-corrected chi connectivity index (χ4v) is 2.85. The van der Waals surface area contributed by atoms with Gasteiger partial charge in [-0.2, -0.15) is 24.3 Å². The van der Waals surface area contributed by atoms with Crippen molar-refractivity contribution in [1.29, 1.82) is 0 Å². The Kier molecular flexibility index (Phi) is 4.98. The van der Waals surface area contributed by atoms with Crippen LogP contribution in [0.5, 0.6) is 0 Å². The van der Waals surface area contributed by atoms with Crippen molar-refractivity contribution in [2.75, 3.05) is 7.05 Å². The van der Waals surface area contributed by atoms with Gasteiger partial charge in [0.25, 0.3) is 0 Å². The monoisotopic (exact) mass is 387 g/mol. The summed E-state index contributed by atoms with van der Waals surface area (Å²) in [6, 6.07) is 23.5. The van der Waals surface area contributed by atoms with Gasteiger partial charge < -0.3 is 4.42 Å². The Balaban J connectivity index is 0.00000169. The van der Waals surface area contributed by atoms with Crippen LogP contribution >= 0.6 is 0 Å². The van der Waals surface area contributed by atoms with E-state index in [-0.39, 0.29) is 32.7 Å².